The summed E-state index contributed by atoms with van der Waals surface area (Å²) >= 11 is 0. The van der Waals surface area contributed by atoms with Crippen LogP contribution in [0.1, 0.15) is 23.1 Å². The number of sulfonamides is 1. The zero-order valence-electron chi connectivity index (χ0n) is 13.9. The molecule has 7 heteroatoms. The number of hydrogen-bond acceptors (Lipinski definition) is 5. The highest BCUT2D eigenvalue weighted by Crippen LogP contribution is 2.26. The van der Waals surface area contributed by atoms with Crippen LogP contribution in [0.25, 0.3) is 11.0 Å². The van der Waals surface area contributed by atoms with Crippen LogP contribution in [-0.2, 0) is 16.6 Å². The highest BCUT2D eigenvalue weighted by Gasteiger charge is 2.26. The molecule has 1 unspecified atom stereocenters. The van der Waals surface area contributed by atoms with Gasteiger partial charge < -0.3 is 4.42 Å². The van der Waals surface area contributed by atoms with Gasteiger partial charge >= 0.3 is 5.63 Å². The molecule has 1 aromatic carbocycles. The van der Waals surface area contributed by atoms with E-state index < -0.39 is 10.0 Å². The minimum absolute atomic E-state index is 0.0133. The van der Waals surface area contributed by atoms with Crippen molar-refractivity contribution in [3.63, 3.8) is 0 Å². The Balaban J connectivity index is 1.87. The molecule has 1 fully saturated rings. The molecule has 130 valence electrons. The molecule has 0 radical (unpaired) electrons. The first-order valence-electron chi connectivity index (χ1n) is 7.98. The summed E-state index contributed by atoms with van der Waals surface area (Å²) in [6, 6.07) is 5.56. The number of benzene rings is 1. The molecule has 24 heavy (non-hydrogen) atoms. The van der Waals surface area contributed by atoms with Gasteiger partial charge in [0.15, 0.2) is 0 Å². The molecule has 6 nitrogen and oxygen atoms in total. The van der Waals surface area contributed by atoms with Crippen molar-refractivity contribution >= 4 is 21.0 Å². The van der Waals surface area contributed by atoms with Gasteiger partial charge in [0.2, 0.25) is 10.0 Å². The number of nitrogens with zero attached hydrogens (tertiary/aromatic N) is 1. The third kappa shape index (κ3) is 3.85. The fourth-order valence-corrected chi connectivity index (χ4v) is 4.50. The molecule has 1 aliphatic rings. The van der Waals surface area contributed by atoms with Gasteiger partial charge in [-0.3, -0.25) is 4.90 Å². The van der Waals surface area contributed by atoms with Crippen molar-refractivity contribution < 1.29 is 12.8 Å². The van der Waals surface area contributed by atoms with Gasteiger partial charge in [-0.1, -0.05) is 6.07 Å². The molecule has 2 heterocycles. The lowest BCUT2D eigenvalue weighted by Gasteiger charge is -2.17. The summed E-state index contributed by atoms with van der Waals surface area (Å²) in [6.45, 7) is 6.02. The first-order chi connectivity index (χ1) is 11.2. The van der Waals surface area contributed by atoms with Gasteiger partial charge in [-0.2, -0.15) is 0 Å². The standard InChI is InChI=1S/C17H22N2O4S/c1-11-5-12(2)17-15(6-11)14(7-16(20)23-17)9-19-4-3-13(8-19)10-24(18,21)22/h5-7,13H,3-4,8-10H2,1-2H3,(H2,18,21,22). The van der Waals surface area contributed by atoms with Crippen molar-refractivity contribution in [2.24, 2.45) is 11.1 Å². The summed E-state index contributed by atoms with van der Waals surface area (Å²) in [5, 5.41) is 6.09. The van der Waals surface area contributed by atoms with E-state index in [2.05, 4.69) is 4.90 Å². The van der Waals surface area contributed by atoms with E-state index in [0.29, 0.717) is 18.7 Å². The van der Waals surface area contributed by atoms with Crippen LogP contribution in [0.5, 0.6) is 0 Å². The maximum Gasteiger partial charge on any atom is 0.336 e. The second-order valence-corrected chi connectivity index (χ2v) is 8.43. The first kappa shape index (κ1) is 17.1. The third-order valence-electron chi connectivity index (χ3n) is 4.49. The Morgan fingerprint density at radius 1 is 1.29 bits per heavy atom. The van der Waals surface area contributed by atoms with Crippen molar-refractivity contribution in [3.05, 3.63) is 45.3 Å². The second-order valence-electron chi connectivity index (χ2n) is 6.77. The van der Waals surface area contributed by atoms with Crippen LogP contribution in [0, 0.1) is 19.8 Å². The van der Waals surface area contributed by atoms with Crippen molar-refractivity contribution in [1.82, 2.24) is 4.90 Å². The van der Waals surface area contributed by atoms with Gasteiger partial charge in [0.25, 0.3) is 0 Å². The lowest BCUT2D eigenvalue weighted by molar-refractivity contribution is 0.321. The van der Waals surface area contributed by atoms with Crippen LogP contribution in [0.2, 0.25) is 0 Å². The van der Waals surface area contributed by atoms with E-state index in [1.165, 1.54) is 6.07 Å². The van der Waals surface area contributed by atoms with Crippen LogP contribution in [0.15, 0.2) is 27.4 Å². The predicted molar refractivity (Wildman–Crippen MR) is 93.3 cm³/mol. The van der Waals surface area contributed by atoms with Crippen molar-refractivity contribution in [2.75, 3.05) is 18.8 Å². The average molecular weight is 350 g/mol. The molecule has 0 saturated carbocycles. The molecular weight excluding hydrogens is 328 g/mol. The number of nitrogens with two attached hydrogens (primary N) is 1. The SMILES string of the molecule is Cc1cc(C)c2oc(=O)cc(CN3CCC(CS(N)(=O)=O)C3)c2c1. The molecule has 1 atom stereocenters. The Bertz CT molecular complexity index is 933. The Labute approximate surface area is 141 Å². The maximum absolute atomic E-state index is 11.9. The molecule has 0 amide bonds. The van der Waals surface area contributed by atoms with E-state index in [0.717, 1.165) is 35.0 Å². The zero-order valence-corrected chi connectivity index (χ0v) is 14.7. The summed E-state index contributed by atoms with van der Waals surface area (Å²) in [5.41, 5.74) is 3.25. The Morgan fingerprint density at radius 2 is 2.04 bits per heavy atom. The molecule has 0 bridgehead atoms. The highest BCUT2D eigenvalue weighted by molar-refractivity contribution is 7.89. The van der Waals surface area contributed by atoms with Crippen LogP contribution in [-0.4, -0.2) is 32.2 Å². The minimum Gasteiger partial charge on any atom is -0.422 e. The van der Waals surface area contributed by atoms with E-state index in [4.69, 9.17) is 9.56 Å². The molecule has 3 rings (SSSR count). The lowest BCUT2D eigenvalue weighted by atomic mass is 10.0. The minimum atomic E-state index is -3.45. The fourth-order valence-electron chi connectivity index (χ4n) is 3.57. The normalized spacial score (nSPS) is 19.2. The lowest BCUT2D eigenvalue weighted by Crippen LogP contribution is -2.26. The van der Waals surface area contributed by atoms with Gasteiger partial charge in [0.05, 0.1) is 5.75 Å². The molecule has 0 aliphatic carbocycles. The van der Waals surface area contributed by atoms with Gasteiger partial charge in [-0.25, -0.2) is 18.4 Å². The number of hydrogen-bond donors (Lipinski definition) is 1. The number of aryl methyl sites for hydroxylation is 2. The smallest absolute Gasteiger partial charge is 0.336 e. The molecule has 1 saturated heterocycles. The Morgan fingerprint density at radius 3 is 2.75 bits per heavy atom. The molecule has 1 aliphatic heterocycles. The maximum atomic E-state index is 11.9. The second kappa shape index (κ2) is 6.31. The van der Waals surface area contributed by atoms with Crippen LogP contribution >= 0.6 is 0 Å². The summed E-state index contributed by atoms with van der Waals surface area (Å²) in [5.74, 6) is 0.0641. The Hall–Kier alpha value is -1.70. The molecule has 1 aromatic heterocycles. The summed E-state index contributed by atoms with van der Waals surface area (Å²) in [7, 11) is -3.45. The molecule has 2 N–H and O–H groups in total. The molecular formula is C17H22N2O4S. The summed E-state index contributed by atoms with van der Waals surface area (Å²) in [6.07, 6.45) is 0.799. The van der Waals surface area contributed by atoms with E-state index in [9.17, 15) is 13.2 Å². The average Bonchev–Trinajstić information content (AvgIpc) is 2.85. The van der Waals surface area contributed by atoms with Gasteiger partial charge in [-0.05, 0) is 55.5 Å². The molecule has 0 spiro atoms. The van der Waals surface area contributed by atoms with Gasteiger partial charge in [0.1, 0.15) is 5.58 Å². The predicted octanol–water partition coefficient (Wildman–Crippen LogP) is 1.52. The van der Waals surface area contributed by atoms with Crippen molar-refractivity contribution in [1.29, 1.82) is 0 Å². The van der Waals surface area contributed by atoms with E-state index in [1.807, 2.05) is 26.0 Å². The first-order valence-corrected chi connectivity index (χ1v) is 9.69. The van der Waals surface area contributed by atoms with E-state index >= 15 is 0 Å². The zero-order chi connectivity index (χ0) is 17.5. The number of likely N-dealkylation sites (tertiary alicyclic amines) is 1. The topological polar surface area (TPSA) is 93.6 Å². The fraction of sp³-hybridized carbons (Fsp3) is 0.471. The third-order valence-corrected chi connectivity index (χ3v) is 5.43. The van der Waals surface area contributed by atoms with E-state index in [-0.39, 0.29) is 17.3 Å². The molecule has 2 aromatic rings. The summed E-state index contributed by atoms with van der Waals surface area (Å²) in [4.78, 5) is 14.1. The number of primary sulfonamides is 1. The van der Waals surface area contributed by atoms with Crippen LogP contribution in [0.3, 0.4) is 0 Å². The highest BCUT2D eigenvalue weighted by atomic mass is 32.2. The summed E-state index contributed by atoms with van der Waals surface area (Å²) < 4.78 is 27.9. The monoisotopic (exact) mass is 350 g/mol. The van der Waals surface area contributed by atoms with Crippen molar-refractivity contribution in [3.8, 4) is 0 Å². The largest absolute Gasteiger partial charge is 0.422 e. The van der Waals surface area contributed by atoms with E-state index in [1.54, 1.807) is 0 Å². The van der Waals surface area contributed by atoms with Crippen LogP contribution < -0.4 is 10.8 Å². The van der Waals surface area contributed by atoms with Crippen LogP contribution in [0.4, 0.5) is 0 Å². The Kier molecular flexibility index (Phi) is 4.50. The van der Waals surface area contributed by atoms with Crippen molar-refractivity contribution in [2.45, 2.75) is 26.8 Å². The van der Waals surface area contributed by atoms with Gasteiger partial charge in [-0.15, -0.1) is 0 Å². The van der Waals surface area contributed by atoms with Gasteiger partial charge in [0, 0.05) is 24.5 Å². The number of fused-ring (bicyclic) bond motifs is 1. The number of rotatable bonds is 4. The quantitative estimate of drug-likeness (QED) is 0.844.